The summed E-state index contributed by atoms with van der Waals surface area (Å²) in [6.45, 7) is 4.11. The average molecular weight is 326 g/mol. The summed E-state index contributed by atoms with van der Waals surface area (Å²) in [6, 6.07) is 7.39. The average Bonchev–Trinajstić information content (AvgIpc) is 2.59. The highest BCUT2D eigenvalue weighted by Gasteiger charge is 2.06. The highest BCUT2D eigenvalue weighted by atomic mass is 16.5. The monoisotopic (exact) mass is 326 g/mol. The number of carbonyl (C=O) groups excluding carboxylic acids is 1. The first-order valence-corrected chi connectivity index (χ1v) is 8.79. The molecule has 4 heteroatoms. The predicted octanol–water partition coefficient (Wildman–Crippen LogP) is 5.11. The standard InChI is InChI=1S/C20H26N2O2/c1-3-4-5-6-7-8-9-20(23)24-18-12-10-17(11-13-18)19-15-21-16(2)14-22-19/h10-15H,3-9H2,1-2H3. The number of hydrogen-bond donors (Lipinski definition) is 0. The Labute approximate surface area is 144 Å². The smallest absolute Gasteiger partial charge is 0.311 e. The van der Waals surface area contributed by atoms with Crippen LogP contribution < -0.4 is 4.74 Å². The van der Waals surface area contributed by atoms with Crippen molar-refractivity contribution in [2.75, 3.05) is 0 Å². The summed E-state index contributed by atoms with van der Waals surface area (Å²) in [5.41, 5.74) is 2.66. The Balaban J connectivity index is 1.77. The molecular formula is C20H26N2O2. The number of carbonyl (C=O) groups is 1. The molecule has 0 unspecified atom stereocenters. The van der Waals surface area contributed by atoms with Crippen molar-refractivity contribution < 1.29 is 9.53 Å². The van der Waals surface area contributed by atoms with Crippen LogP contribution in [0.4, 0.5) is 0 Å². The second-order valence-electron chi connectivity index (χ2n) is 6.06. The van der Waals surface area contributed by atoms with E-state index in [0.717, 1.165) is 29.8 Å². The maximum absolute atomic E-state index is 11.8. The van der Waals surface area contributed by atoms with Gasteiger partial charge in [0.15, 0.2) is 0 Å². The fourth-order valence-corrected chi connectivity index (χ4v) is 2.47. The van der Waals surface area contributed by atoms with Crippen molar-refractivity contribution in [1.29, 1.82) is 0 Å². The van der Waals surface area contributed by atoms with E-state index in [1.165, 1.54) is 25.7 Å². The molecule has 0 atom stereocenters. The van der Waals surface area contributed by atoms with Gasteiger partial charge in [-0.25, -0.2) is 0 Å². The fraction of sp³-hybridized carbons (Fsp3) is 0.450. The van der Waals surface area contributed by atoms with Crippen LogP contribution >= 0.6 is 0 Å². The van der Waals surface area contributed by atoms with Crippen molar-refractivity contribution in [3.8, 4) is 17.0 Å². The highest BCUT2D eigenvalue weighted by Crippen LogP contribution is 2.20. The first-order chi connectivity index (χ1) is 11.7. The topological polar surface area (TPSA) is 52.1 Å². The van der Waals surface area contributed by atoms with Crippen molar-refractivity contribution in [2.24, 2.45) is 0 Å². The van der Waals surface area contributed by atoms with E-state index in [1.54, 1.807) is 24.5 Å². The van der Waals surface area contributed by atoms with E-state index < -0.39 is 0 Å². The Morgan fingerprint density at radius 3 is 2.33 bits per heavy atom. The summed E-state index contributed by atoms with van der Waals surface area (Å²) in [5, 5.41) is 0. The molecule has 0 aliphatic rings. The third-order valence-electron chi connectivity index (χ3n) is 3.90. The zero-order valence-corrected chi connectivity index (χ0v) is 14.6. The van der Waals surface area contributed by atoms with Crippen LogP contribution in [-0.2, 0) is 4.79 Å². The first kappa shape index (κ1) is 18.1. The van der Waals surface area contributed by atoms with Crippen LogP contribution in [0.5, 0.6) is 5.75 Å². The molecule has 0 bridgehead atoms. The molecule has 1 aromatic heterocycles. The lowest BCUT2D eigenvalue weighted by Crippen LogP contribution is -2.07. The van der Waals surface area contributed by atoms with Crippen LogP contribution in [0, 0.1) is 6.92 Å². The number of esters is 1. The number of benzene rings is 1. The van der Waals surface area contributed by atoms with E-state index in [-0.39, 0.29) is 5.97 Å². The van der Waals surface area contributed by atoms with Gasteiger partial charge in [-0.1, -0.05) is 39.0 Å². The van der Waals surface area contributed by atoms with Gasteiger partial charge in [0, 0.05) is 18.2 Å². The number of ether oxygens (including phenoxy) is 1. The van der Waals surface area contributed by atoms with Crippen LogP contribution in [0.2, 0.25) is 0 Å². The van der Waals surface area contributed by atoms with E-state index >= 15 is 0 Å². The molecule has 0 aliphatic carbocycles. The van der Waals surface area contributed by atoms with Crippen LogP contribution in [0.25, 0.3) is 11.3 Å². The van der Waals surface area contributed by atoms with E-state index in [2.05, 4.69) is 16.9 Å². The predicted molar refractivity (Wildman–Crippen MR) is 95.8 cm³/mol. The van der Waals surface area contributed by atoms with Gasteiger partial charge in [-0.05, 0) is 37.6 Å². The molecule has 0 saturated carbocycles. The molecule has 2 rings (SSSR count). The number of unbranched alkanes of at least 4 members (excludes halogenated alkanes) is 5. The Morgan fingerprint density at radius 1 is 0.958 bits per heavy atom. The minimum atomic E-state index is -0.159. The van der Waals surface area contributed by atoms with Crippen molar-refractivity contribution in [1.82, 2.24) is 9.97 Å². The lowest BCUT2D eigenvalue weighted by Gasteiger charge is -2.06. The number of aryl methyl sites for hydroxylation is 1. The number of aromatic nitrogens is 2. The third-order valence-corrected chi connectivity index (χ3v) is 3.90. The van der Waals surface area contributed by atoms with Crippen molar-refractivity contribution in [3.05, 3.63) is 42.4 Å². The molecule has 1 aromatic carbocycles. The molecule has 0 saturated heterocycles. The largest absolute Gasteiger partial charge is 0.427 e. The molecule has 24 heavy (non-hydrogen) atoms. The Hall–Kier alpha value is -2.23. The van der Waals surface area contributed by atoms with E-state index in [9.17, 15) is 4.79 Å². The summed E-state index contributed by atoms with van der Waals surface area (Å²) >= 11 is 0. The molecule has 0 spiro atoms. The van der Waals surface area contributed by atoms with Crippen molar-refractivity contribution in [3.63, 3.8) is 0 Å². The SMILES string of the molecule is CCCCCCCCC(=O)Oc1ccc(-c2cnc(C)cn2)cc1. The summed E-state index contributed by atoms with van der Waals surface area (Å²) < 4.78 is 5.38. The quantitative estimate of drug-likeness (QED) is 0.365. The van der Waals surface area contributed by atoms with Gasteiger partial charge in [-0.3, -0.25) is 14.8 Å². The summed E-state index contributed by atoms with van der Waals surface area (Å²) in [5.74, 6) is 0.420. The Kier molecular flexibility index (Phi) is 7.40. The van der Waals surface area contributed by atoms with E-state index in [1.807, 2.05) is 19.1 Å². The minimum absolute atomic E-state index is 0.159. The molecule has 128 valence electrons. The number of hydrogen-bond acceptors (Lipinski definition) is 4. The lowest BCUT2D eigenvalue weighted by atomic mass is 10.1. The second-order valence-corrected chi connectivity index (χ2v) is 6.06. The molecule has 4 nitrogen and oxygen atoms in total. The van der Waals surface area contributed by atoms with Gasteiger partial charge >= 0.3 is 5.97 Å². The van der Waals surface area contributed by atoms with Gasteiger partial charge in [0.05, 0.1) is 17.6 Å². The second kappa shape index (κ2) is 9.81. The van der Waals surface area contributed by atoms with Crippen LogP contribution in [-0.4, -0.2) is 15.9 Å². The highest BCUT2D eigenvalue weighted by molar-refractivity contribution is 5.72. The van der Waals surface area contributed by atoms with Crippen LogP contribution in [0.15, 0.2) is 36.7 Å². The van der Waals surface area contributed by atoms with Crippen molar-refractivity contribution in [2.45, 2.75) is 58.8 Å². The van der Waals surface area contributed by atoms with Crippen LogP contribution in [0.1, 0.15) is 57.6 Å². The molecule has 0 radical (unpaired) electrons. The molecular weight excluding hydrogens is 300 g/mol. The summed E-state index contributed by atoms with van der Waals surface area (Å²) in [4.78, 5) is 20.4. The normalized spacial score (nSPS) is 10.6. The zero-order valence-electron chi connectivity index (χ0n) is 14.6. The summed E-state index contributed by atoms with van der Waals surface area (Å²) in [6.07, 6.45) is 11.0. The van der Waals surface area contributed by atoms with E-state index in [4.69, 9.17) is 4.74 Å². The van der Waals surface area contributed by atoms with Crippen molar-refractivity contribution >= 4 is 5.97 Å². The number of nitrogens with zero attached hydrogens (tertiary/aromatic N) is 2. The van der Waals surface area contributed by atoms with E-state index in [0.29, 0.717) is 12.2 Å². The van der Waals surface area contributed by atoms with Gasteiger partial charge in [-0.15, -0.1) is 0 Å². The van der Waals surface area contributed by atoms with Gasteiger partial charge in [0.1, 0.15) is 5.75 Å². The molecule has 0 N–H and O–H groups in total. The fourth-order valence-electron chi connectivity index (χ4n) is 2.47. The maximum Gasteiger partial charge on any atom is 0.311 e. The number of rotatable bonds is 9. The molecule has 2 aromatic rings. The third kappa shape index (κ3) is 6.11. The molecule has 0 aliphatic heterocycles. The van der Waals surface area contributed by atoms with Gasteiger partial charge < -0.3 is 4.74 Å². The minimum Gasteiger partial charge on any atom is -0.427 e. The lowest BCUT2D eigenvalue weighted by molar-refractivity contribution is -0.134. The molecule has 0 fully saturated rings. The van der Waals surface area contributed by atoms with Gasteiger partial charge in [-0.2, -0.15) is 0 Å². The maximum atomic E-state index is 11.8. The van der Waals surface area contributed by atoms with Crippen LogP contribution in [0.3, 0.4) is 0 Å². The van der Waals surface area contributed by atoms with Gasteiger partial charge in [0.2, 0.25) is 0 Å². The van der Waals surface area contributed by atoms with Gasteiger partial charge in [0.25, 0.3) is 0 Å². The molecule has 0 amide bonds. The Morgan fingerprint density at radius 2 is 1.67 bits per heavy atom. The first-order valence-electron chi connectivity index (χ1n) is 8.79. The summed E-state index contributed by atoms with van der Waals surface area (Å²) in [7, 11) is 0. The zero-order chi connectivity index (χ0) is 17.2. The molecule has 1 heterocycles. The Bertz CT molecular complexity index is 621.